The molecule has 5 aromatic carbocycles. The smallest absolute Gasteiger partial charge is 0.350 e. The molecule has 0 radical (unpaired) electrons. The zero-order valence-corrected chi connectivity index (χ0v) is 37.1. The highest BCUT2D eigenvalue weighted by Gasteiger charge is 2.39. The third-order valence-corrected chi connectivity index (χ3v) is 10.7. The molecule has 0 spiro atoms. The van der Waals surface area contributed by atoms with Gasteiger partial charge >= 0.3 is 11.9 Å². The molecular weight excluding hydrogens is 815 g/mol. The zero-order valence-electron chi connectivity index (χ0n) is 36.2. The summed E-state index contributed by atoms with van der Waals surface area (Å²) in [5.41, 5.74) is 3.68. The number of oxazole rings is 1. The predicted molar refractivity (Wildman–Crippen MR) is 245 cm³/mol. The molecule has 2 unspecified atom stereocenters. The molecular formula is C52H53NO9S. The van der Waals surface area contributed by atoms with Crippen LogP contribution in [0.15, 0.2) is 155 Å². The second-order valence-electron chi connectivity index (χ2n) is 15.1. The van der Waals surface area contributed by atoms with E-state index in [-0.39, 0.29) is 12.4 Å². The van der Waals surface area contributed by atoms with Gasteiger partial charge in [0.25, 0.3) is 0 Å². The van der Waals surface area contributed by atoms with Crippen molar-refractivity contribution in [2.75, 3.05) is 19.8 Å². The minimum Gasteiger partial charge on any atom is -0.508 e. The topological polar surface area (TPSA) is 127 Å². The van der Waals surface area contributed by atoms with E-state index in [0.29, 0.717) is 49.9 Å². The summed E-state index contributed by atoms with van der Waals surface area (Å²) in [4.78, 5) is 29.9. The third kappa shape index (κ3) is 12.8. The summed E-state index contributed by atoms with van der Waals surface area (Å²) in [5, 5.41) is 13.6. The van der Waals surface area contributed by atoms with E-state index in [1.165, 1.54) is 5.56 Å². The monoisotopic (exact) mass is 867 g/mol. The number of phenolic OH excluding ortho intramolecular Hbond substituents is 1. The molecule has 10 nitrogen and oxygen atoms in total. The number of hydrogen-bond donors (Lipinski definition) is 1. The van der Waals surface area contributed by atoms with E-state index in [1.807, 2.05) is 91.9 Å². The second kappa shape index (κ2) is 21.8. The predicted octanol–water partition coefficient (Wildman–Crippen LogP) is 11.3. The number of carbonyl (C=O) groups is 2. The van der Waals surface area contributed by atoms with Gasteiger partial charge in [0.1, 0.15) is 28.8 Å². The number of aromatic hydroxyl groups is 1. The fourth-order valence-electron chi connectivity index (χ4n) is 6.77. The molecule has 1 N–H and O–H groups in total. The Morgan fingerprint density at radius 1 is 0.651 bits per heavy atom. The maximum atomic E-state index is 12.8. The number of ether oxygens (including phenoxy) is 5. The van der Waals surface area contributed by atoms with Crippen molar-refractivity contribution in [3.8, 4) is 45.6 Å². The fourth-order valence-corrected chi connectivity index (χ4v) is 7.44. The van der Waals surface area contributed by atoms with Gasteiger partial charge in [-0.3, -0.25) is 0 Å². The van der Waals surface area contributed by atoms with Crippen molar-refractivity contribution in [3.63, 3.8) is 0 Å². The minimum absolute atomic E-state index is 0.186. The van der Waals surface area contributed by atoms with E-state index >= 15 is 0 Å². The summed E-state index contributed by atoms with van der Waals surface area (Å²) in [6, 6.07) is 43.2. The molecule has 11 heteroatoms. The van der Waals surface area contributed by atoms with Crippen LogP contribution in [-0.4, -0.2) is 53.1 Å². The summed E-state index contributed by atoms with van der Waals surface area (Å²) in [7, 11) is 0. The highest BCUT2D eigenvalue weighted by Crippen LogP contribution is 2.30. The molecule has 0 saturated heterocycles. The van der Waals surface area contributed by atoms with E-state index in [0.717, 1.165) is 39.5 Å². The van der Waals surface area contributed by atoms with E-state index in [1.54, 1.807) is 75.4 Å². The van der Waals surface area contributed by atoms with E-state index in [4.69, 9.17) is 33.1 Å². The van der Waals surface area contributed by atoms with Crippen molar-refractivity contribution in [1.29, 1.82) is 0 Å². The summed E-state index contributed by atoms with van der Waals surface area (Å²) < 4.78 is 34.5. The Morgan fingerprint density at radius 3 is 1.71 bits per heavy atom. The third-order valence-electron chi connectivity index (χ3n) is 9.99. The Kier molecular flexibility index (Phi) is 15.8. The molecule has 2 atom stereocenters. The van der Waals surface area contributed by atoms with Gasteiger partial charge in [-0.25, -0.2) is 14.6 Å². The molecule has 326 valence electrons. The molecule has 0 aliphatic rings. The highest BCUT2D eigenvalue weighted by atomic mass is 32.1. The van der Waals surface area contributed by atoms with E-state index in [2.05, 4.69) is 29.0 Å². The molecule has 0 fully saturated rings. The lowest BCUT2D eigenvalue weighted by Gasteiger charge is -2.28. The number of aromatic nitrogens is 1. The lowest BCUT2D eigenvalue weighted by atomic mass is 9.96. The van der Waals surface area contributed by atoms with Crippen LogP contribution >= 0.6 is 11.3 Å². The summed E-state index contributed by atoms with van der Waals surface area (Å²) in [6.45, 7) is 10.00. The molecule has 63 heavy (non-hydrogen) atoms. The first-order chi connectivity index (χ1) is 30.5. The average molecular weight is 868 g/mol. The number of carbonyl (C=O) groups excluding carboxylic acids is 2. The van der Waals surface area contributed by atoms with Crippen LogP contribution in [0.2, 0.25) is 0 Å². The molecule has 2 heterocycles. The Bertz CT molecular complexity index is 2490. The second-order valence-corrected chi connectivity index (χ2v) is 15.9. The molecule has 7 rings (SSSR count). The SMILES string of the molecule is CCOC(=O)C(C)(Cc1ccc(O)cc1)Oc1ccccc1.CCOC(=O)C(C)(Cc1ccc(OCCc2nc(-c3cccc(-c4ccsc4)c3)oc2C)cc1)Oc1ccccc1. The quantitative estimate of drug-likeness (QED) is 0.0833. The van der Waals surface area contributed by atoms with Crippen LogP contribution < -0.4 is 14.2 Å². The van der Waals surface area contributed by atoms with Crippen molar-refractivity contribution in [1.82, 2.24) is 4.98 Å². The van der Waals surface area contributed by atoms with Gasteiger partial charge in [-0.1, -0.05) is 72.8 Å². The van der Waals surface area contributed by atoms with Gasteiger partial charge in [0.15, 0.2) is 0 Å². The van der Waals surface area contributed by atoms with Crippen molar-refractivity contribution < 1.29 is 42.8 Å². The van der Waals surface area contributed by atoms with Crippen LogP contribution in [0.3, 0.4) is 0 Å². The van der Waals surface area contributed by atoms with E-state index in [9.17, 15) is 14.7 Å². The van der Waals surface area contributed by atoms with Crippen molar-refractivity contribution in [3.05, 3.63) is 173 Å². The molecule has 0 bridgehead atoms. The number of hydrogen-bond acceptors (Lipinski definition) is 11. The van der Waals surface area contributed by atoms with E-state index < -0.39 is 23.1 Å². The van der Waals surface area contributed by atoms with Gasteiger partial charge in [0, 0.05) is 24.8 Å². The van der Waals surface area contributed by atoms with Gasteiger partial charge in [-0.05, 0) is 134 Å². The Balaban J connectivity index is 0.000000253. The zero-order chi connectivity index (χ0) is 44.7. The number of thiophene rings is 1. The first-order valence-corrected chi connectivity index (χ1v) is 21.8. The number of nitrogens with zero attached hydrogens (tertiary/aromatic N) is 1. The normalized spacial score (nSPS) is 12.7. The number of phenols is 1. The Labute approximate surface area is 373 Å². The summed E-state index contributed by atoms with van der Waals surface area (Å²) in [6.07, 6.45) is 1.32. The van der Waals surface area contributed by atoms with Crippen LogP contribution in [0.5, 0.6) is 23.0 Å². The summed E-state index contributed by atoms with van der Waals surface area (Å²) in [5.74, 6) is 2.74. The first-order valence-electron chi connectivity index (χ1n) is 20.9. The molecule has 0 aliphatic carbocycles. The maximum absolute atomic E-state index is 12.8. The Morgan fingerprint density at radius 2 is 1.19 bits per heavy atom. The standard InChI is InChI=1S/C34H33NO5S.C18H20O4/c1-4-37-33(36)34(3,40-30-11-6-5-7-12-30)22-25-13-15-29(16-14-25)38-19-17-31-24(2)39-32(35-31)27-10-8-9-26(21-27)28-18-20-41-23-28;1-3-21-17(20)18(2,22-16-7-5-4-6-8-16)13-14-9-11-15(19)12-10-14/h5-16,18,20-21,23H,4,17,19,22H2,1-3H3;4-12,19H,3,13H2,1-2H3. The molecule has 7 aromatic rings. The van der Waals surface area contributed by atoms with Gasteiger partial charge < -0.3 is 33.2 Å². The fraction of sp³-hybridized carbons (Fsp3) is 0.250. The number of benzene rings is 5. The van der Waals surface area contributed by atoms with Gasteiger partial charge in [0.05, 0.1) is 25.5 Å². The number of para-hydroxylation sites is 2. The number of aryl methyl sites for hydroxylation is 1. The van der Waals surface area contributed by atoms with Crippen LogP contribution in [-0.2, 0) is 38.3 Å². The lowest BCUT2D eigenvalue weighted by Crippen LogP contribution is -2.45. The molecule has 0 amide bonds. The molecule has 2 aromatic heterocycles. The van der Waals surface area contributed by atoms with Crippen molar-refractivity contribution in [2.45, 2.75) is 65.1 Å². The van der Waals surface area contributed by atoms with Crippen molar-refractivity contribution in [2.24, 2.45) is 0 Å². The minimum atomic E-state index is -1.16. The van der Waals surface area contributed by atoms with Crippen LogP contribution in [0, 0.1) is 6.92 Å². The number of esters is 2. The molecule has 0 saturated carbocycles. The van der Waals surface area contributed by atoms with Crippen LogP contribution in [0.1, 0.15) is 50.3 Å². The average Bonchev–Trinajstić information content (AvgIpc) is 3.97. The lowest BCUT2D eigenvalue weighted by molar-refractivity contribution is -0.160. The van der Waals surface area contributed by atoms with Gasteiger partial charge in [-0.2, -0.15) is 11.3 Å². The Hall–Kier alpha value is -6.85. The van der Waals surface area contributed by atoms with Crippen molar-refractivity contribution >= 4 is 23.3 Å². The molecule has 0 aliphatic heterocycles. The largest absolute Gasteiger partial charge is 0.508 e. The van der Waals surface area contributed by atoms with Gasteiger partial charge in [0.2, 0.25) is 17.1 Å². The first kappa shape index (κ1) is 45.7. The van der Waals surface area contributed by atoms with Crippen LogP contribution in [0.25, 0.3) is 22.6 Å². The number of rotatable bonds is 18. The van der Waals surface area contributed by atoms with Gasteiger partial charge in [-0.15, -0.1) is 0 Å². The highest BCUT2D eigenvalue weighted by molar-refractivity contribution is 7.08. The maximum Gasteiger partial charge on any atom is 0.350 e. The summed E-state index contributed by atoms with van der Waals surface area (Å²) >= 11 is 1.68. The van der Waals surface area contributed by atoms with Crippen LogP contribution in [0.4, 0.5) is 0 Å².